The molecule has 0 nitrogen and oxygen atoms in total. The second-order valence-corrected chi connectivity index (χ2v) is 3.59. The number of thiol groups is 1. The zero-order valence-corrected chi connectivity index (χ0v) is 6.46. The zero-order valence-electron chi connectivity index (χ0n) is 4.81. The first-order valence-corrected chi connectivity index (χ1v) is 4.08. The zero-order chi connectivity index (χ0) is 5.98. The minimum atomic E-state index is 0.340. The van der Waals surface area contributed by atoms with Gasteiger partial charge in [-0.1, -0.05) is 12.8 Å². The van der Waals surface area contributed by atoms with Gasteiger partial charge in [0.1, 0.15) is 0 Å². The summed E-state index contributed by atoms with van der Waals surface area (Å²) in [7, 11) is 0. The SMILES string of the molecule is S[C@@H]1CCCC[C@@H]1Cl. The Morgan fingerprint density at radius 2 is 1.88 bits per heavy atom. The maximum absolute atomic E-state index is 5.89. The van der Waals surface area contributed by atoms with Crippen molar-refractivity contribution in [2.75, 3.05) is 0 Å². The summed E-state index contributed by atoms with van der Waals surface area (Å²) in [5, 5.41) is 0.803. The van der Waals surface area contributed by atoms with Gasteiger partial charge < -0.3 is 0 Å². The van der Waals surface area contributed by atoms with Crippen LogP contribution in [0.1, 0.15) is 25.7 Å². The lowest BCUT2D eigenvalue weighted by atomic mass is 10.00. The molecule has 2 heteroatoms. The minimum Gasteiger partial charge on any atom is -0.174 e. The lowest BCUT2D eigenvalue weighted by molar-refractivity contribution is 0.524. The molecule has 48 valence electrons. The first-order chi connectivity index (χ1) is 3.80. The molecule has 0 aromatic carbocycles. The molecule has 0 aromatic rings. The average Bonchev–Trinajstić information content (AvgIpc) is 1.77. The maximum Gasteiger partial charge on any atom is 0.0452 e. The van der Waals surface area contributed by atoms with Crippen LogP contribution in [0.3, 0.4) is 0 Å². The van der Waals surface area contributed by atoms with Crippen LogP contribution in [0.5, 0.6) is 0 Å². The fourth-order valence-electron chi connectivity index (χ4n) is 1.07. The molecule has 0 spiro atoms. The van der Waals surface area contributed by atoms with E-state index in [9.17, 15) is 0 Å². The highest BCUT2D eigenvalue weighted by atomic mass is 35.5. The van der Waals surface area contributed by atoms with Gasteiger partial charge in [-0.05, 0) is 12.8 Å². The van der Waals surface area contributed by atoms with E-state index in [-0.39, 0.29) is 0 Å². The third kappa shape index (κ3) is 1.56. The van der Waals surface area contributed by atoms with E-state index < -0.39 is 0 Å². The van der Waals surface area contributed by atoms with Crippen LogP contribution in [0, 0.1) is 0 Å². The van der Waals surface area contributed by atoms with Gasteiger partial charge in [0.2, 0.25) is 0 Å². The number of halogens is 1. The smallest absolute Gasteiger partial charge is 0.0452 e. The molecule has 0 aliphatic heterocycles. The molecule has 2 atom stereocenters. The van der Waals surface area contributed by atoms with Gasteiger partial charge in [-0.25, -0.2) is 0 Å². The van der Waals surface area contributed by atoms with E-state index in [0.29, 0.717) is 10.6 Å². The predicted molar refractivity (Wildman–Crippen MR) is 40.9 cm³/mol. The van der Waals surface area contributed by atoms with Crippen molar-refractivity contribution in [1.82, 2.24) is 0 Å². The van der Waals surface area contributed by atoms with Crippen LogP contribution in [0.2, 0.25) is 0 Å². The predicted octanol–water partition coefficient (Wildman–Crippen LogP) is 2.47. The van der Waals surface area contributed by atoms with Crippen molar-refractivity contribution in [3.8, 4) is 0 Å². The lowest BCUT2D eigenvalue weighted by Gasteiger charge is -2.21. The largest absolute Gasteiger partial charge is 0.174 e. The standard InChI is InChI=1S/C6H11ClS/c7-5-3-1-2-4-6(5)8/h5-6,8H,1-4H2/t5-,6+/m0/s1. The van der Waals surface area contributed by atoms with Crippen LogP contribution in [0.25, 0.3) is 0 Å². The molecule has 0 heterocycles. The van der Waals surface area contributed by atoms with Crippen LogP contribution in [-0.4, -0.2) is 10.6 Å². The minimum absolute atomic E-state index is 0.340. The van der Waals surface area contributed by atoms with Crippen molar-refractivity contribution in [3.05, 3.63) is 0 Å². The van der Waals surface area contributed by atoms with Gasteiger partial charge in [-0.3, -0.25) is 0 Å². The fraction of sp³-hybridized carbons (Fsp3) is 1.00. The van der Waals surface area contributed by atoms with Gasteiger partial charge >= 0.3 is 0 Å². The van der Waals surface area contributed by atoms with E-state index >= 15 is 0 Å². The Morgan fingerprint density at radius 1 is 1.25 bits per heavy atom. The topological polar surface area (TPSA) is 0 Å². The van der Waals surface area contributed by atoms with Crippen molar-refractivity contribution < 1.29 is 0 Å². The van der Waals surface area contributed by atoms with Crippen LogP contribution < -0.4 is 0 Å². The van der Waals surface area contributed by atoms with Crippen molar-refractivity contribution in [2.24, 2.45) is 0 Å². The first kappa shape index (κ1) is 6.76. The Balaban J connectivity index is 2.28. The summed E-state index contributed by atoms with van der Waals surface area (Å²) in [6.07, 6.45) is 4.98. The Labute approximate surface area is 61.0 Å². The normalized spacial score (nSPS) is 39.8. The number of hydrogen-bond acceptors (Lipinski definition) is 1. The van der Waals surface area contributed by atoms with Crippen LogP contribution in [0.15, 0.2) is 0 Å². The number of hydrogen-bond donors (Lipinski definition) is 1. The molecule has 0 N–H and O–H groups in total. The molecule has 0 unspecified atom stereocenters. The van der Waals surface area contributed by atoms with E-state index in [0.717, 1.165) is 6.42 Å². The summed E-state index contributed by atoms with van der Waals surface area (Å²) in [5.41, 5.74) is 0. The van der Waals surface area contributed by atoms with E-state index in [4.69, 9.17) is 11.6 Å². The lowest BCUT2D eigenvalue weighted by Crippen LogP contribution is -2.19. The molecule has 0 aromatic heterocycles. The second kappa shape index (κ2) is 2.98. The summed E-state index contributed by atoms with van der Waals surface area (Å²) in [6.45, 7) is 0. The molecule has 0 amide bonds. The Kier molecular flexibility index (Phi) is 2.51. The van der Waals surface area contributed by atoms with Crippen molar-refractivity contribution in [3.63, 3.8) is 0 Å². The monoisotopic (exact) mass is 150 g/mol. The molecule has 0 saturated heterocycles. The quantitative estimate of drug-likeness (QED) is 0.398. The summed E-state index contributed by atoms with van der Waals surface area (Å²) < 4.78 is 0. The number of rotatable bonds is 0. The van der Waals surface area contributed by atoms with Crippen molar-refractivity contribution in [1.29, 1.82) is 0 Å². The maximum atomic E-state index is 5.89. The molecule has 1 rings (SSSR count). The molecule has 0 bridgehead atoms. The fourth-order valence-corrected chi connectivity index (χ4v) is 1.68. The molecule has 1 fully saturated rings. The molecule has 1 aliphatic carbocycles. The van der Waals surface area contributed by atoms with Crippen molar-refractivity contribution in [2.45, 2.75) is 36.3 Å². The van der Waals surface area contributed by atoms with Crippen LogP contribution in [-0.2, 0) is 0 Å². The van der Waals surface area contributed by atoms with Gasteiger partial charge in [0.15, 0.2) is 0 Å². The Bertz CT molecular complexity index is 64.9. The Morgan fingerprint density at radius 3 is 2.25 bits per heavy atom. The third-order valence-corrected chi connectivity index (χ3v) is 2.96. The molecule has 0 radical (unpaired) electrons. The molecule has 1 aliphatic rings. The molecular weight excluding hydrogens is 140 g/mol. The van der Waals surface area contributed by atoms with E-state index in [2.05, 4.69) is 12.6 Å². The van der Waals surface area contributed by atoms with Gasteiger partial charge in [0, 0.05) is 10.6 Å². The molecule has 1 saturated carbocycles. The molecule has 8 heavy (non-hydrogen) atoms. The van der Waals surface area contributed by atoms with Crippen LogP contribution >= 0.6 is 24.2 Å². The Hall–Kier alpha value is 0.640. The van der Waals surface area contributed by atoms with E-state index in [1.807, 2.05) is 0 Å². The highest BCUT2D eigenvalue weighted by Gasteiger charge is 2.18. The summed E-state index contributed by atoms with van der Waals surface area (Å²) >= 11 is 10.2. The van der Waals surface area contributed by atoms with Crippen molar-refractivity contribution >= 4 is 24.2 Å². The van der Waals surface area contributed by atoms with Gasteiger partial charge in [-0.2, -0.15) is 12.6 Å². The summed E-state index contributed by atoms with van der Waals surface area (Å²) in [6, 6.07) is 0. The van der Waals surface area contributed by atoms with Gasteiger partial charge in [-0.15, -0.1) is 11.6 Å². The second-order valence-electron chi connectivity index (χ2n) is 2.37. The third-order valence-electron chi connectivity index (χ3n) is 1.65. The summed E-state index contributed by atoms with van der Waals surface area (Å²) in [4.78, 5) is 0. The number of alkyl halides is 1. The first-order valence-electron chi connectivity index (χ1n) is 3.13. The van der Waals surface area contributed by atoms with E-state index in [1.165, 1.54) is 19.3 Å². The van der Waals surface area contributed by atoms with Gasteiger partial charge in [0.05, 0.1) is 0 Å². The highest BCUT2D eigenvalue weighted by molar-refractivity contribution is 7.81. The van der Waals surface area contributed by atoms with E-state index in [1.54, 1.807) is 0 Å². The average molecular weight is 151 g/mol. The molecular formula is C6H11ClS. The van der Waals surface area contributed by atoms with Gasteiger partial charge in [0.25, 0.3) is 0 Å². The highest BCUT2D eigenvalue weighted by Crippen LogP contribution is 2.26. The van der Waals surface area contributed by atoms with Crippen LogP contribution in [0.4, 0.5) is 0 Å². The summed E-state index contributed by atoms with van der Waals surface area (Å²) in [5.74, 6) is 0.